The van der Waals surface area contributed by atoms with Gasteiger partial charge in [0.05, 0.1) is 31.6 Å². The highest BCUT2D eigenvalue weighted by Gasteiger charge is 2.25. The number of methoxy groups -OCH3 is 1. The van der Waals surface area contributed by atoms with Gasteiger partial charge in [0.15, 0.2) is 0 Å². The molecule has 0 spiro atoms. The first-order chi connectivity index (χ1) is 14.5. The highest BCUT2D eigenvalue weighted by atomic mass is 16.5. The zero-order valence-electron chi connectivity index (χ0n) is 17.2. The van der Waals surface area contributed by atoms with Gasteiger partial charge < -0.3 is 19.4 Å². The Bertz CT molecular complexity index is 985. The second-order valence-corrected chi connectivity index (χ2v) is 7.05. The molecular formula is C23H25N3O4. The van der Waals surface area contributed by atoms with Crippen LogP contribution >= 0.6 is 0 Å². The van der Waals surface area contributed by atoms with Crippen molar-refractivity contribution in [3.05, 3.63) is 72.8 Å². The molecule has 1 heterocycles. The van der Waals surface area contributed by atoms with Gasteiger partial charge in [-0.05, 0) is 37.1 Å². The Morgan fingerprint density at radius 2 is 1.87 bits per heavy atom. The standard InChI is InChI=1S/C23H25N3O4/c1-16(2)30-23(28)20(14-26-12-11-24-15-26)25-22(27)19-10-9-18(13-21(19)29-3)17-7-5-4-6-8-17/h4-13,15-16,20H,14H2,1-3H3,(H,25,27)/t20-/m0/s1. The van der Waals surface area contributed by atoms with E-state index in [0.29, 0.717) is 11.3 Å². The minimum Gasteiger partial charge on any atom is -0.496 e. The van der Waals surface area contributed by atoms with Gasteiger partial charge in [-0.2, -0.15) is 0 Å². The summed E-state index contributed by atoms with van der Waals surface area (Å²) in [6.07, 6.45) is 4.62. The summed E-state index contributed by atoms with van der Waals surface area (Å²) in [6, 6.07) is 14.3. The molecule has 7 nitrogen and oxygen atoms in total. The molecule has 0 saturated carbocycles. The van der Waals surface area contributed by atoms with Gasteiger partial charge in [-0.1, -0.05) is 36.4 Å². The van der Waals surface area contributed by atoms with Crippen LogP contribution in [0.4, 0.5) is 0 Å². The topological polar surface area (TPSA) is 82.5 Å². The molecule has 0 aliphatic heterocycles. The molecule has 30 heavy (non-hydrogen) atoms. The van der Waals surface area contributed by atoms with E-state index in [9.17, 15) is 9.59 Å². The van der Waals surface area contributed by atoms with Gasteiger partial charge in [-0.3, -0.25) is 4.79 Å². The third-order valence-corrected chi connectivity index (χ3v) is 4.45. The molecule has 0 radical (unpaired) electrons. The summed E-state index contributed by atoms with van der Waals surface area (Å²) in [5.41, 5.74) is 2.28. The van der Waals surface area contributed by atoms with Crippen LogP contribution in [0, 0.1) is 0 Å². The molecule has 2 aromatic carbocycles. The summed E-state index contributed by atoms with van der Waals surface area (Å²) in [4.78, 5) is 29.5. The van der Waals surface area contributed by atoms with Crippen LogP contribution in [0.5, 0.6) is 5.75 Å². The van der Waals surface area contributed by atoms with Gasteiger partial charge in [0.1, 0.15) is 11.8 Å². The summed E-state index contributed by atoms with van der Waals surface area (Å²) >= 11 is 0. The van der Waals surface area contributed by atoms with E-state index in [4.69, 9.17) is 9.47 Å². The summed E-state index contributed by atoms with van der Waals surface area (Å²) in [6.45, 7) is 3.74. The zero-order valence-corrected chi connectivity index (χ0v) is 17.2. The van der Waals surface area contributed by atoms with E-state index < -0.39 is 17.9 Å². The molecule has 3 aromatic rings. The number of carbonyl (C=O) groups is 2. The first-order valence-corrected chi connectivity index (χ1v) is 9.68. The fourth-order valence-electron chi connectivity index (χ4n) is 3.02. The Morgan fingerprint density at radius 3 is 2.50 bits per heavy atom. The van der Waals surface area contributed by atoms with Crippen molar-refractivity contribution < 1.29 is 19.1 Å². The number of esters is 1. The number of ether oxygens (including phenoxy) is 2. The van der Waals surface area contributed by atoms with Crippen LogP contribution in [0.15, 0.2) is 67.3 Å². The molecule has 0 fully saturated rings. The second-order valence-electron chi connectivity index (χ2n) is 7.05. The Hall–Kier alpha value is -3.61. The van der Waals surface area contributed by atoms with Gasteiger partial charge in [0.25, 0.3) is 5.91 Å². The Morgan fingerprint density at radius 1 is 1.10 bits per heavy atom. The van der Waals surface area contributed by atoms with Crippen molar-refractivity contribution in [3.63, 3.8) is 0 Å². The molecule has 0 aliphatic carbocycles. The number of rotatable bonds is 8. The van der Waals surface area contributed by atoms with E-state index in [2.05, 4.69) is 10.3 Å². The minimum absolute atomic E-state index is 0.210. The lowest BCUT2D eigenvalue weighted by molar-refractivity contribution is -0.150. The quantitative estimate of drug-likeness (QED) is 0.580. The third kappa shape index (κ3) is 5.26. The summed E-state index contributed by atoms with van der Waals surface area (Å²) in [7, 11) is 1.51. The number of hydrogen-bond donors (Lipinski definition) is 1. The van der Waals surface area contributed by atoms with Crippen molar-refractivity contribution in [2.75, 3.05) is 7.11 Å². The van der Waals surface area contributed by atoms with Crippen molar-refractivity contribution in [2.45, 2.75) is 32.5 Å². The van der Waals surface area contributed by atoms with E-state index in [1.165, 1.54) is 7.11 Å². The number of nitrogens with zero attached hydrogens (tertiary/aromatic N) is 2. The number of aromatic nitrogens is 2. The fraction of sp³-hybridized carbons (Fsp3) is 0.261. The predicted octanol–water partition coefficient (Wildman–Crippen LogP) is 3.31. The Balaban J connectivity index is 1.83. The van der Waals surface area contributed by atoms with Crippen molar-refractivity contribution in [1.82, 2.24) is 14.9 Å². The van der Waals surface area contributed by atoms with Gasteiger partial charge in [-0.15, -0.1) is 0 Å². The molecule has 0 aliphatic rings. The number of imidazole rings is 1. The highest BCUT2D eigenvalue weighted by molar-refractivity contribution is 5.99. The fourth-order valence-corrected chi connectivity index (χ4v) is 3.02. The van der Waals surface area contributed by atoms with Crippen LogP contribution in [0.3, 0.4) is 0 Å². The first kappa shape index (κ1) is 21.1. The molecule has 0 unspecified atom stereocenters. The third-order valence-electron chi connectivity index (χ3n) is 4.45. The molecule has 3 rings (SSSR count). The smallest absolute Gasteiger partial charge is 0.330 e. The average Bonchev–Trinajstić information content (AvgIpc) is 3.26. The lowest BCUT2D eigenvalue weighted by Gasteiger charge is -2.20. The maximum absolute atomic E-state index is 13.0. The highest BCUT2D eigenvalue weighted by Crippen LogP contribution is 2.27. The first-order valence-electron chi connectivity index (χ1n) is 9.68. The van der Waals surface area contributed by atoms with Crippen LogP contribution in [-0.2, 0) is 16.1 Å². The minimum atomic E-state index is -0.868. The van der Waals surface area contributed by atoms with Gasteiger partial charge in [0, 0.05) is 12.4 Å². The molecule has 1 amide bonds. The van der Waals surface area contributed by atoms with Gasteiger partial charge in [-0.25, -0.2) is 9.78 Å². The molecule has 156 valence electrons. The molecule has 0 bridgehead atoms. The molecule has 7 heteroatoms. The number of amides is 1. The van der Waals surface area contributed by atoms with Gasteiger partial charge >= 0.3 is 5.97 Å². The SMILES string of the molecule is COc1cc(-c2ccccc2)ccc1C(=O)N[C@@H](Cn1ccnc1)C(=O)OC(C)C. The molecule has 1 N–H and O–H groups in total. The number of carbonyl (C=O) groups excluding carboxylic acids is 2. The van der Waals surface area contributed by atoms with E-state index >= 15 is 0 Å². The molecule has 1 aromatic heterocycles. The second kappa shape index (κ2) is 9.73. The van der Waals surface area contributed by atoms with Crippen LogP contribution in [0.25, 0.3) is 11.1 Å². The van der Waals surface area contributed by atoms with Crippen LogP contribution in [0.1, 0.15) is 24.2 Å². The van der Waals surface area contributed by atoms with E-state index in [1.807, 2.05) is 42.5 Å². The van der Waals surface area contributed by atoms with Crippen molar-refractivity contribution in [2.24, 2.45) is 0 Å². The summed E-state index contributed by atoms with van der Waals surface area (Å²) in [5, 5.41) is 2.77. The predicted molar refractivity (Wildman–Crippen MR) is 113 cm³/mol. The van der Waals surface area contributed by atoms with Crippen LogP contribution in [0.2, 0.25) is 0 Å². The number of hydrogen-bond acceptors (Lipinski definition) is 5. The number of nitrogens with one attached hydrogen (secondary N) is 1. The summed E-state index contributed by atoms with van der Waals surface area (Å²) < 4.78 is 12.5. The normalized spacial score (nSPS) is 11.7. The lowest BCUT2D eigenvalue weighted by Crippen LogP contribution is -2.45. The summed E-state index contributed by atoms with van der Waals surface area (Å²) in [5.74, 6) is -0.503. The van der Waals surface area contributed by atoms with E-state index in [1.54, 1.807) is 43.2 Å². The Kier molecular flexibility index (Phi) is 6.85. The van der Waals surface area contributed by atoms with Crippen LogP contribution < -0.4 is 10.1 Å². The van der Waals surface area contributed by atoms with E-state index in [-0.39, 0.29) is 12.6 Å². The average molecular weight is 407 g/mol. The van der Waals surface area contributed by atoms with Gasteiger partial charge in [0.2, 0.25) is 0 Å². The monoisotopic (exact) mass is 407 g/mol. The maximum atomic E-state index is 13.0. The Labute approximate surface area is 175 Å². The number of benzene rings is 2. The lowest BCUT2D eigenvalue weighted by atomic mass is 10.0. The molecule has 0 saturated heterocycles. The van der Waals surface area contributed by atoms with Crippen molar-refractivity contribution in [3.8, 4) is 16.9 Å². The molecular weight excluding hydrogens is 382 g/mol. The molecule has 1 atom stereocenters. The zero-order chi connectivity index (χ0) is 21.5. The largest absolute Gasteiger partial charge is 0.496 e. The van der Waals surface area contributed by atoms with Crippen molar-refractivity contribution >= 4 is 11.9 Å². The van der Waals surface area contributed by atoms with E-state index in [0.717, 1.165) is 11.1 Å². The van der Waals surface area contributed by atoms with Crippen molar-refractivity contribution in [1.29, 1.82) is 0 Å². The maximum Gasteiger partial charge on any atom is 0.330 e. The van der Waals surface area contributed by atoms with Crippen LogP contribution in [-0.4, -0.2) is 40.7 Å².